The van der Waals surface area contributed by atoms with Gasteiger partial charge in [0.25, 0.3) is 0 Å². The summed E-state index contributed by atoms with van der Waals surface area (Å²) in [4.78, 5) is 13.9. The van der Waals surface area contributed by atoms with E-state index in [1.807, 2.05) is 4.90 Å². The van der Waals surface area contributed by atoms with Crippen molar-refractivity contribution in [2.24, 2.45) is 11.7 Å². The van der Waals surface area contributed by atoms with Gasteiger partial charge in [-0.05, 0) is 25.2 Å². The van der Waals surface area contributed by atoms with E-state index >= 15 is 0 Å². The Morgan fingerprint density at radius 3 is 2.44 bits per heavy atom. The molecule has 2 N–H and O–H groups in total. The molecule has 94 valence electrons. The fourth-order valence-electron chi connectivity index (χ4n) is 2.78. The van der Waals surface area contributed by atoms with Crippen molar-refractivity contribution in [1.29, 1.82) is 0 Å². The van der Waals surface area contributed by atoms with Crippen LogP contribution < -0.4 is 5.73 Å². The fraction of sp³-hybridized carbons (Fsp3) is 0.917. The number of nitrogens with zero attached hydrogens (tertiary/aromatic N) is 1. The first-order valence-electron chi connectivity index (χ1n) is 6.29. The zero-order valence-electron chi connectivity index (χ0n) is 9.86. The Morgan fingerprint density at radius 1 is 1.19 bits per heavy atom. The molecule has 0 radical (unpaired) electrons. The van der Waals surface area contributed by atoms with Crippen molar-refractivity contribution in [2.75, 3.05) is 13.1 Å². The van der Waals surface area contributed by atoms with Gasteiger partial charge >= 0.3 is 0 Å². The Labute approximate surface area is 104 Å². The van der Waals surface area contributed by atoms with E-state index in [1.165, 1.54) is 32.1 Å². The van der Waals surface area contributed by atoms with Crippen molar-refractivity contribution in [3.05, 3.63) is 0 Å². The predicted molar refractivity (Wildman–Crippen MR) is 67.6 cm³/mol. The molecule has 0 unspecified atom stereocenters. The molecule has 1 saturated carbocycles. The Hall–Kier alpha value is -0.280. The number of carbonyl (C=O) groups is 1. The summed E-state index contributed by atoms with van der Waals surface area (Å²) in [6, 6.07) is 0.223. The molecule has 4 heteroatoms. The molecule has 0 spiro atoms. The smallest absolute Gasteiger partial charge is 0.222 e. The van der Waals surface area contributed by atoms with Crippen LogP contribution in [-0.4, -0.2) is 29.9 Å². The first kappa shape index (κ1) is 13.8. The third-order valence-electron chi connectivity index (χ3n) is 3.77. The Bertz CT molecular complexity index is 229. The van der Waals surface area contributed by atoms with Crippen molar-refractivity contribution >= 4 is 18.3 Å². The molecular formula is C12H23ClN2O. The lowest BCUT2D eigenvalue weighted by atomic mass is 9.87. The molecule has 1 atom stereocenters. The summed E-state index contributed by atoms with van der Waals surface area (Å²) in [5.41, 5.74) is 5.80. The number of likely N-dealkylation sites (tertiary alicyclic amines) is 1. The van der Waals surface area contributed by atoms with Gasteiger partial charge in [0.05, 0.1) is 0 Å². The van der Waals surface area contributed by atoms with E-state index in [2.05, 4.69) is 0 Å². The number of hydrogen-bond donors (Lipinski definition) is 1. The highest BCUT2D eigenvalue weighted by Crippen LogP contribution is 2.27. The summed E-state index contributed by atoms with van der Waals surface area (Å²) in [5, 5.41) is 0. The van der Waals surface area contributed by atoms with Crippen molar-refractivity contribution < 1.29 is 4.79 Å². The van der Waals surface area contributed by atoms with Gasteiger partial charge < -0.3 is 10.6 Å². The van der Waals surface area contributed by atoms with Crippen LogP contribution in [0.4, 0.5) is 0 Å². The van der Waals surface area contributed by atoms with E-state index < -0.39 is 0 Å². The van der Waals surface area contributed by atoms with E-state index in [-0.39, 0.29) is 18.4 Å². The molecule has 1 aliphatic carbocycles. The maximum atomic E-state index is 11.9. The van der Waals surface area contributed by atoms with E-state index in [0.717, 1.165) is 25.9 Å². The third-order valence-corrected chi connectivity index (χ3v) is 3.77. The lowest BCUT2D eigenvalue weighted by Gasteiger charge is -2.24. The largest absolute Gasteiger partial charge is 0.341 e. The summed E-state index contributed by atoms with van der Waals surface area (Å²) in [7, 11) is 0. The van der Waals surface area contributed by atoms with Crippen molar-refractivity contribution in [3.8, 4) is 0 Å². The van der Waals surface area contributed by atoms with E-state index in [1.54, 1.807) is 0 Å². The zero-order chi connectivity index (χ0) is 10.7. The predicted octanol–water partition coefficient (Wildman–Crippen LogP) is 1.94. The molecule has 0 aromatic heterocycles. The van der Waals surface area contributed by atoms with Crippen LogP contribution in [0.5, 0.6) is 0 Å². The molecule has 3 nitrogen and oxygen atoms in total. The van der Waals surface area contributed by atoms with Crippen LogP contribution in [0.3, 0.4) is 0 Å². The maximum absolute atomic E-state index is 11.9. The average Bonchev–Trinajstić information content (AvgIpc) is 2.66. The second-order valence-corrected chi connectivity index (χ2v) is 5.10. The minimum absolute atomic E-state index is 0. The Kier molecular flexibility index (Phi) is 5.56. The molecule has 2 rings (SSSR count). The maximum Gasteiger partial charge on any atom is 0.222 e. The van der Waals surface area contributed by atoms with Gasteiger partial charge in [0.1, 0.15) is 0 Å². The van der Waals surface area contributed by atoms with E-state index in [9.17, 15) is 4.79 Å². The summed E-state index contributed by atoms with van der Waals surface area (Å²) >= 11 is 0. The normalized spacial score (nSPS) is 26.6. The van der Waals surface area contributed by atoms with Gasteiger partial charge in [-0.3, -0.25) is 4.79 Å². The van der Waals surface area contributed by atoms with E-state index in [4.69, 9.17) is 5.73 Å². The summed E-state index contributed by atoms with van der Waals surface area (Å²) in [5.74, 6) is 0.998. The highest BCUT2D eigenvalue weighted by atomic mass is 35.5. The number of halogens is 1. The monoisotopic (exact) mass is 246 g/mol. The fourth-order valence-corrected chi connectivity index (χ4v) is 2.78. The molecule has 0 aromatic rings. The lowest BCUT2D eigenvalue weighted by Crippen LogP contribution is -2.33. The first-order chi connectivity index (χ1) is 7.25. The van der Waals surface area contributed by atoms with Crippen molar-refractivity contribution in [2.45, 2.75) is 51.0 Å². The Morgan fingerprint density at radius 2 is 1.88 bits per heavy atom. The molecule has 1 amide bonds. The van der Waals surface area contributed by atoms with E-state index in [0.29, 0.717) is 11.8 Å². The highest BCUT2D eigenvalue weighted by molar-refractivity contribution is 5.85. The van der Waals surface area contributed by atoms with Crippen molar-refractivity contribution in [3.63, 3.8) is 0 Å². The van der Waals surface area contributed by atoms with Gasteiger partial charge in [-0.1, -0.05) is 19.3 Å². The number of nitrogens with two attached hydrogens (primary N) is 1. The summed E-state index contributed by atoms with van der Waals surface area (Å²) < 4.78 is 0. The van der Waals surface area contributed by atoms with Crippen LogP contribution in [-0.2, 0) is 4.79 Å². The van der Waals surface area contributed by atoms with Crippen LogP contribution >= 0.6 is 12.4 Å². The molecule has 1 aliphatic heterocycles. The number of carbonyl (C=O) groups excluding carboxylic acids is 1. The molecule has 16 heavy (non-hydrogen) atoms. The minimum Gasteiger partial charge on any atom is -0.341 e. The zero-order valence-corrected chi connectivity index (χ0v) is 10.7. The Balaban J connectivity index is 0.00000128. The highest BCUT2D eigenvalue weighted by Gasteiger charge is 2.26. The molecular weight excluding hydrogens is 224 g/mol. The van der Waals surface area contributed by atoms with Crippen LogP contribution in [0, 0.1) is 5.92 Å². The first-order valence-corrected chi connectivity index (χ1v) is 6.29. The van der Waals surface area contributed by atoms with Crippen LogP contribution in [0.25, 0.3) is 0 Å². The molecule has 1 saturated heterocycles. The van der Waals surface area contributed by atoms with Gasteiger partial charge in [0, 0.05) is 25.6 Å². The van der Waals surface area contributed by atoms with Gasteiger partial charge in [-0.15, -0.1) is 12.4 Å². The van der Waals surface area contributed by atoms with Gasteiger partial charge in [0.2, 0.25) is 5.91 Å². The molecule has 0 bridgehead atoms. The van der Waals surface area contributed by atoms with Crippen LogP contribution in [0.2, 0.25) is 0 Å². The summed E-state index contributed by atoms with van der Waals surface area (Å²) in [6.45, 7) is 1.66. The lowest BCUT2D eigenvalue weighted by molar-refractivity contribution is -0.131. The third kappa shape index (κ3) is 3.63. The van der Waals surface area contributed by atoms with Gasteiger partial charge in [-0.25, -0.2) is 0 Å². The molecule has 0 aromatic carbocycles. The minimum atomic E-state index is 0. The topological polar surface area (TPSA) is 46.3 Å². The molecule has 1 heterocycles. The number of rotatable bonds is 2. The number of hydrogen-bond acceptors (Lipinski definition) is 2. The molecule has 2 aliphatic rings. The standard InChI is InChI=1S/C12H22N2O.ClH/c13-11-6-7-14(9-11)12(15)8-10-4-2-1-3-5-10;/h10-11H,1-9,13H2;1H/t11-;/m0./s1. The van der Waals surface area contributed by atoms with Crippen molar-refractivity contribution in [1.82, 2.24) is 4.90 Å². The number of amides is 1. The van der Waals surface area contributed by atoms with Gasteiger partial charge in [0.15, 0.2) is 0 Å². The van der Waals surface area contributed by atoms with Gasteiger partial charge in [-0.2, -0.15) is 0 Å². The SMILES string of the molecule is Cl.N[C@H]1CCN(C(=O)CC2CCCCC2)C1. The average molecular weight is 247 g/mol. The van der Waals surface area contributed by atoms with Crippen LogP contribution in [0.15, 0.2) is 0 Å². The molecule has 2 fully saturated rings. The quantitative estimate of drug-likeness (QED) is 0.810. The second kappa shape index (κ2) is 6.45. The summed E-state index contributed by atoms with van der Waals surface area (Å²) in [6.07, 6.45) is 8.26. The van der Waals surface area contributed by atoms with Crippen LogP contribution in [0.1, 0.15) is 44.9 Å². The second-order valence-electron chi connectivity index (χ2n) is 5.10.